The first-order valence-corrected chi connectivity index (χ1v) is 6.28. The summed E-state index contributed by atoms with van der Waals surface area (Å²) in [4.78, 5) is 11.1. The molecule has 3 nitrogen and oxygen atoms in total. The van der Waals surface area contributed by atoms with Crippen LogP contribution in [0.4, 0.5) is 8.78 Å². The molecule has 0 radical (unpaired) electrons. The summed E-state index contributed by atoms with van der Waals surface area (Å²) in [5, 5.41) is 0. The summed E-state index contributed by atoms with van der Waals surface area (Å²) in [6.45, 7) is 1.47. The van der Waals surface area contributed by atoms with Crippen LogP contribution in [-0.4, -0.2) is 24.5 Å². The second-order valence-electron chi connectivity index (χ2n) is 4.69. The minimum Gasteiger partial charge on any atom is -0.462 e. The topological polar surface area (TPSA) is 52.3 Å². The quantitative estimate of drug-likeness (QED) is 0.790. The molecule has 1 saturated carbocycles. The molecule has 0 amide bonds. The molecule has 1 atom stereocenters. The molecule has 1 rings (SSSR count). The third-order valence-electron chi connectivity index (χ3n) is 3.32. The highest BCUT2D eigenvalue weighted by atomic mass is 35.5. The minimum absolute atomic E-state index is 0. The van der Waals surface area contributed by atoms with Gasteiger partial charge < -0.3 is 10.5 Å². The number of alkyl halides is 2. The molecule has 108 valence electrons. The largest absolute Gasteiger partial charge is 0.462 e. The van der Waals surface area contributed by atoms with Crippen molar-refractivity contribution in [2.75, 3.05) is 6.61 Å². The maximum absolute atomic E-state index is 13.5. The van der Waals surface area contributed by atoms with Crippen molar-refractivity contribution >= 4 is 18.4 Å². The third-order valence-corrected chi connectivity index (χ3v) is 3.32. The first kappa shape index (κ1) is 17.6. The fourth-order valence-electron chi connectivity index (χ4n) is 2.35. The Morgan fingerprint density at radius 1 is 1.39 bits per heavy atom. The first-order chi connectivity index (χ1) is 7.97. The predicted octanol–water partition coefficient (Wildman–Crippen LogP) is 2.90. The fourth-order valence-corrected chi connectivity index (χ4v) is 2.35. The van der Waals surface area contributed by atoms with E-state index in [0.29, 0.717) is 0 Å². The molecule has 0 spiro atoms. The summed E-state index contributed by atoms with van der Waals surface area (Å²) in [6.07, 6.45) is 4.42. The lowest BCUT2D eigenvalue weighted by Crippen LogP contribution is -2.42. The van der Waals surface area contributed by atoms with Gasteiger partial charge in [-0.15, -0.1) is 12.4 Å². The molecule has 0 aromatic carbocycles. The van der Waals surface area contributed by atoms with Crippen LogP contribution in [0.1, 0.15) is 45.4 Å². The highest BCUT2D eigenvalue weighted by Gasteiger charge is 2.43. The molecule has 0 bridgehead atoms. The fraction of sp³-hybridized carbons (Fsp3) is 0.917. The van der Waals surface area contributed by atoms with E-state index < -0.39 is 24.4 Å². The Balaban J connectivity index is 0.00000289. The molecule has 0 unspecified atom stereocenters. The van der Waals surface area contributed by atoms with Gasteiger partial charge in [0, 0.05) is 12.5 Å². The van der Waals surface area contributed by atoms with Gasteiger partial charge in [0.1, 0.15) is 0 Å². The van der Waals surface area contributed by atoms with Crippen LogP contribution in [-0.2, 0) is 9.53 Å². The Hall–Kier alpha value is -0.420. The van der Waals surface area contributed by atoms with E-state index in [1.807, 2.05) is 0 Å². The molecule has 0 aromatic heterocycles. The van der Waals surface area contributed by atoms with E-state index >= 15 is 0 Å². The Morgan fingerprint density at radius 2 is 1.94 bits per heavy atom. The number of carbonyl (C=O) groups is 1. The molecule has 1 fully saturated rings. The Kier molecular flexibility index (Phi) is 7.71. The molecule has 0 saturated heterocycles. The van der Waals surface area contributed by atoms with Gasteiger partial charge in [-0.2, -0.15) is 8.78 Å². The lowest BCUT2D eigenvalue weighted by atomic mass is 9.82. The van der Waals surface area contributed by atoms with Crippen LogP contribution in [0.15, 0.2) is 0 Å². The molecular weight excluding hydrogens is 264 g/mol. The van der Waals surface area contributed by atoms with Crippen LogP contribution < -0.4 is 5.73 Å². The number of carbonyl (C=O) groups excluding carboxylic acids is 1. The van der Waals surface area contributed by atoms with Gasteiger partial charge >= 0.3 is 11.9 Å². The van der Waals surface area contributed by atoms with Crippen molar-refractivity contribution in [3.63, 3.8) is 0 Å². The van der Waals surface area contributed by atoms with Crippen LogP contribution in [0.3, 0.4) is 0 Å². The van der Waals surface area contributed by atoms with E-state index in [0.717, 1.165) is 32.1 Å². The molecule has 2 N–H and O–H groups in total. The smallest absolute Gasteiger partial charge is 0.377 e. The zero-order chi connectivity index (χ0) is 12.9. The van der Waals surface area contributed by atoms with Crippen LogP contribution in [0.2, 0.25) is 0 Å². The molecule has 6 heteroatoms. The molecule has 0 heterocycles. The van der Waals surface area contributed by atoms with Crippen molar-refractivity contribution in [1.82, 2.24) is 0 Å². The number of hydrogen-bond donors (Lipinski definition) is 1. The average Bonchev–Trinajstić information content (AvgIpc) is 2.30. The SMILES string of the molecule is CCOC(=O)C(F)(F)C[C@@H](N)C1CCCCC1.Cl. The van der Waals surface area contributed by atoms with Crippen molar-refractivity contribution in [2.24, 2.45) is 11.7 Å². The van der Waals surface area contributed by atoms with Crippen molar-refractivity contribution in [3.8, 4) is 0 Å². The molecule has 0 aliphatic heterocycles. The van der Waals surface area contributed by atoms with Gasteiger partial charge in [-0.3, -0.25) is 0 Å². The van der Waals surface area contributed by atoms with Crippen LogP contribution in [0.5, 0.6) is 0 Å². The normalized spacial score (nSPS) is 18.9. The lowest BCUT2D eigenvalue weighted by molar-refractivity contribution is -0.173. The zero-order valence-corrected chi connectivity index (χ0v) is 11.5. The number of halogens is 3. The molecule has 1 aliphatic carbocycles. The Morgan fingerprint density at radius 3 is 2.44 bits per heavy atom. The van der Waals surface area contributed by atoms with E-state index in [4.69, 9.17) is 5.73 Å². The van der Waals surface area contributed by atoms with E-state index in [2.05, 4.69) is 4.74 Å². The van der Waals surface area contributed by atoms with Gasteiger partial charge in [0.2, 0.25) is 0 Å². The maximum Gasteiger partial charge on any atom is 0.377 e. The van der Waals surface area contributed by atoms with Gasteiger partial charge in [-0.25, -0.2) is 4.79 Å². The van der Waals surface area contributed by atoms with Crippen LogP contribution in [0, 0.1) is 5.92 Å². The van der Waals surface area contributed by atoms with E-state index in [-0.39, 0.29) is 24.9 Å². The minimum atomic E-state index is -3.45. The van der Waals surface area contributed by atoms with E-state index in [1.54, 1.807) is 0 Å². The molecule has 0 aromatic rings. The molecular formula is C12H22ClF2NO2. The van der Waals surface area contributed by atoms with Gasteiger partial charge in [0.25, 0.3) is 0 Å². The number of rotatable bonds is 5. The number of ether oxygens (including phenoxy) is 1. The van der Waals surface area contributed by atoms with Crippen LogP contribution in [0.25, 0.3) is 0 Å². The summed E-state index contributed by atoms with van der Waals surface area (Å²) in [5.74, 6) is -4.79. The molecule has 1 aliphatic rings. The summed E-state index contributed by atoms with van der Waals surface area (Å²) >= 11 is 0. The van der Waals surface area contributed by atoms with Gasteiger partial charge in [0.05, 0.1) is 6.61 Å². The predicted molar refractivity (Wildman–Crippen MR) is 68.0 cm³/mol. The van der Waals surface area contributed by atoms with E-state index in [1.165, 1.54) is 6.92 Å². The maximum atomic E-state index is 13.5. The number of nitrogens with two attached hydrogens (primary N) is 1. The lowest BCUT2D eigenvalue weighted by Gasteiger charge is -2.29. The van der Waals surface area contributed by atoms with Crippen LogP contribution >= 0.6 is 12.4 Å². The van der Waals surface area contributed by atoms with Gasteiger partial charge in [-0.1, -0.05) is 19.3 Å². The number of hydrogen-bond acceptors (Lipinski definition) is 3. The number of esters is 1. The zero-order valence-electron chi connectivity index (χ0n) is 10.7. The Bertz CT molecular complexity index is 258. The monoisotopic (exact) mass is 285 g/mol. The van der Waals surface area contributed by atoms with Crippen molar-refractivity contribution in [3.05, 3.63) is 0 Å². The average molecular weight is 286 g/mol. The van der Waals surface area contributed by atoms with Crippen molar-refractivity contribution in [2.45, 2.75) is 57.4 Å². The van der Waals surface area contributed by atoms with Crippen molar-refractivity contribution < 1.29 is 18.3 Å². The standard InChI is InChI=1S/C12H21F2NO2.ClH/c1-2-17-11(16)12(13,14)8-10(15)9-6-4-3-5-7-9;/h9-10H,2-8,15H2,1H3;1H/t10-;/m1./s1. The molecule has 18 heavy (non-hydrogen) atoms. The summed E-state index contributed by atoms with van der Waals surface area (Å²) < 4.78 is 31.3. The second kappa shape index (κ2) is 7.89. The van der Waals surface area contributed by atoms with Gasteiger partial charge in [0.15, 0.2) is 0 Å². The van der Waals surface area contributed by atoms with Crippen molar-refractivity contribution in [1.29, 1.82) is 0 Å². The van der Waals surface area contributed by atoms with E-state index in [9.17, 15) is 13.6 Å². The summed E-state index contributed by atoms with van der Waals surface area (Å²) in [6, 6.07) is -0.616. The summed E-state index contributed by atoms with van der Waals surface area (Å²) in [7, 11) is 0. The van der Waals surface area contributed by atoms with Gasteiger partial charge in [-0.05, 0) is 25.7 Å². The highest BCUT2D eigenvalue weighted by Crippen LogP contribution is 2.31. The Labute approximate surface area is 113 Å². The second-order valence-corrected chi connectivity index (χ2v) is 4.69. The third kappa shape index (κ3) is 5.06. The summed E-state index contributed by atoms with van der Waals surface area (Å²) in [5.41, 5.74) is 5.78. The highest BCUT2D eigenvalue weighted by molar-refractivity contribution is 5.85. The first-order valence-electron chi connectivity index (χ1n) is 6.28.